The number of carboxylic acid groups (broad SMARTS) is 1. The van der Waals surface area contributed by atoms with Crippen LogP contribution in [0.25, 0.3) is 0 Å². The van der Waals surface area contributed by atoms with Crippen LogP contribution in [0.15, 0.2) is 91.0 Å². The molecule has 27 heavy (non-hydrogen) atoms. The number of hydrogen-bond acceptors (Lipinski definition) is 2. The third-order valence-corrected chi connectivity index (χ3v) is 3.94. The Morgan fingerprint density at radius 3 is 1.07 bits per heavy atom. The van der Waals surface area contributed by atoms with Gasteiger partial charge in [-0.2, -0.15) is 0 Å². The van der Waals surface area contributed by atoms with E-state index < -0.39 is 11.4 Å². The van der Waals surface area contributed by atoms with E-state index in [9.17, 15) is 9.90 Å². The van der Waals surface area contributed by atoms with E-state index in [0.717, 1.165) is 16.7 Å². The smallest absolute Gasteiger partial charge is 0.323 e. The van der Waals surface area contributed by atoms with Gasteiger partial charge in [0.2, 0.25) is 0 Å². The minimum Gasteiger partial charge on any atom is -0.480 e. The van der Waals surface area contributed by atoms with Crippen LogP contribution >= 0.6 is 0 Å². The van der Waals surface area contributed by atoms with Crippen LogP contribution in [-0.2, 0) is 10.2 Å². The molecule has 3 N–H and O–H groups in total. The SMILES string of the molecule is CC(C)(C)N.O=C(O)C(c1ccccc1)(c1ccccc1)c1ccccc1. The van der Waals surface area contributed by atoms with Crippen LogP contribution in [-0.4, -0.2) is 16.6 Å². The molecule has 0 aliphatic heterocycles. The summed E-state index contributed by atoms with van der Waals surface area (Å²) in [6.07, 6.45) is 0. The van der Waals surface area contributed by atoms with Gasteiger partial charge < -0.3 is 10.8 Å². The molecule has 0 aliphatic rings. The van der Waals surface area contributed by atoms with Crippen LogP contribution in [0, 0.1) is 0 Å². The molecule has 0 fully saturated rings. The predicted molar refractivity (Wildman–Crippen MR) is 111 cm³/mol. The monoisotopic (exact) mass is 361 g/mol. The Labute approximate surface area is 161 Å². The second-order valence-electron chi connectivity index (χ2n) is 7.52. The molecule has 0 spiro atoms. The predicted octanol–water partition coefficient (Wildman–Crippen LogP) is 4.85. The lowest BCUT2D eigenvalue weighted by molar-refractivity contribution is -0.140. The highest BCUT2D eigenvalue weighted by Crippen LogP contribution is 2.39. The maximum Gasteiger partial charge on any atom is 0.323 e. The lowest BCUT2D eigenvalue weighted by Crippen LogP contribution is -2.38. The largest absolute Gasteiger partial charge is 0.480 e. The van der Waals surface area contributed by atoms with Crippen molar-refractivity contribution in [3.05, 3.63) is 108 Å². The summed E-state index contributed by atoms with van der Waals surface area (Å²) in [6.45, 7) is 5.90. The number of aliphatic carboxylic acids is 1. The molecule has 0 aromatic heterocycles. The van der Waals surface area contributed by atoms with Gasteiger partial charge in [0.05, 0.1) is 0 Å². The van der Waals surface area contributed by atoms with E-state index in [-0.39, 0.29) is 5.54 Å². The van der Waals surface area contributed by atoms with E-state index in [1.807, 2.05) is 112 Å². The molecule has 0 radical (unpaired) electrons. The van der Waals surface area contributed by atoms with Crippen molar-refractivity contribution in [2.75, 3.05) is 0 Å². The van der Waals surface area contributed by atoms with Crippen LogP contribution in [0.3, 0.4) is 0 Å². The van der Waals surface area contributed by atoms with Gasteiger partial charge in [0.25, 0.3) is 0 Å². The average molecular weight is 361 g/mol. The van der Waals surface area contributed by atoms with E-state index >= 15 is 0 Å². The van der Waals surface area contributed by atoms with Crippen LogP contribution in [0.4, 0.5) is 0 Å². The van der Waals surface area contributed by atoms with Crippen LogP contribution < -0.4 is 5.73 Å². The second kappa shape index (κ2) is 8.65. The molecule has 3 aromatic carbocycles. The molecule has 140 valence electrons. The van der Waals surface area contributed by atoms with Gasteiger partial charge in [0, 0.05) is 5.54 Å². The second-order valence-corrected chi connectivity index (χ2v) is 7.52. The number of nitrogens with two attached hydrogens (primary N) is 1. The Hall–Kier alpha value is -2.91. The van der Waals surface area contributed by atoms with Gasteiger partial charge in [0.1, 0.15) is 5.41 Å². The first kappa shape index (κ1) is 20.4. The quantitative estimate of drug-likeness (QED) is 0.653. The maximum absolute atomic E-state index is 12.4. The molecule has 0 heterocycles. The summed E-state index contributed by atoms with van der Waals surface area (Å²) >= 11 is 0. The number of hydrogen-bond donors (Lipinski definition) is 2. The van der Waals surface area contributed by atoms with Gasteiger partial charge in [-0.15, -0.1) is 0 Å². The molecule has 0 atom stereocenters. The van der Waals surface area contributed by atoms with Gasteiger partial charge in [-0.1, -0.05) is 91.0 Å². The van der Waals surface area contributed by atoms with Crippen molar-refractivity contribution in [2.45, 2.75) is 31.7 Å². The average Bonchev–Trinajstić information content (AvgIpc) is 2.63. The van der Waals surface area contributed by atoms with Gasteiger partial charge >= 0.3 is 5.97 Å². The van der Waals surface area contributed by atoms with Gasteiger partial charge in [-0.3, -0.25) is 4.79 Å². The minimum absolute atomic E-state index is 0. The first-order chi connectivity index (χ1) is 12.8. The molecule has 0 unspecified atom stereocenters. The summed E-state index contributed by atoms with van der Waals surface area (Å²) in [6, 6.07) is 28.1. The molecule has 3 rings (SSSR count). The van der Waals surface area contributed by atoms with Crippen molar-refractivity contribution in [3.63, 3.8) is 0 Å². The Balaban J connectivity index is 0.000000465. The molecule has 3 aromatic rings. The summed E-state index contributed by atoms with van der Waals surface area (Å²) in [5, 5.41) is 10.2. The molecule has 0 amide bonds. The third-order valence-electron chi connectivity index (χ3n) is 3.94. The van der Waals surface area contributed by atoms with Crippen molar-refractivity contribution >= 4 is 5.97 Å². The Kier molecular flexibility index (Phi) is 6.54. The van der Waals surface area contributed by atoms with E-state index in [1.54, 1.807) is 0 Å². The standard InChI is InChI=1S/C20H16O2.C4H11N/c21-19(22)20(16-10-4-1-5-11-16,17-12-6-2-7-13-17)18-14-8-3-9-15-18;1-4(2,3)5/h1-15H,(H,21,22);5H2,1-3H3. The Bertz CT molecular complexity index is 735. The van der Waals surface area contributed by atoms with Crippen molar-refractivity contribution in [1.29, 1.82) is 0 Å². The maximum atomic E-state index is 12.4. The molecular formula is C24H27NO2. The number of carboxylic acids is 1. The van der Waals surface area contributed by atoms with Crippen molar-refractivity contribution < 1.29 is 9.90 Å². The van der Waals surface area contributed by atoms with Gasteiger partial charge in [-0.05, 0) is 37.5 Å². The minimum atomic E-state index is -1.20. The van der Waals surface area contributed by atoms with E-state index in [1.165, 1.54) is 0 Å². The molecule has 0 aliphatic carbocycles. The van der Waals surface area contributed by atoms with Crippen molar-refractivity contribution in [2.24, 2.45) is 5.73 Å². The Morgan fingerprint density at radius 1 is 0.667 bits per heavy atom. The number of rotatable bonds is 4. The fourth-order valence-corrected chi connectivity index (χ4v) is 2.93. The highest BCUT2D eigenvalue weighted by Gasteiger charge is 2.43. The highest BCUT2D eigenvalue weighted by atomic mass is 16.4. The summed E-state index contributed by atoms with van der Waals surface area (Å²) in [5.41, 5.74) is 6.40. The molecule has 0 saturated carbocycles. The van der Waals surface area contributed by atoms with Crippen LogP contribution in [0.5, 0.6) is 0 Å². The van der Waals surface area contributed by atoms with E-state index in [0.29, 0.717) is 0 Å². The lowest BCUT2D eigenvalue weighted by atomic mass is 9.69. The van der Waals surface area contributed by atoms with E-state index in [2.05, 4.69) is 0 Å². The zero-order valence-corrected chi connectivity index (χ0v) is 16.1. The van der Waals surface area contributed by atoms with Crippen LogP contribution in [0.1, 0.15) is 37.5 Å². The summed E-state index contributed by atoms with van der Waals surface area (Å²) in [5.74, 6) is -0.879. The van der Waals surface area contributed by atoms with E-state index in [4.69, 9.17) is 5.73 Å². The molecule has 3 heteroatoms. The topological polar surface area (TPSA) is 63.3 Å². The number of carbonyl (C=O) groups is 1. The first-order valence-electron chi connectivity index (χ1n) is 8.95. The summed E-state index contributed by atoms with van der Waals surface area (Å²) in [4.78, 5) is 12.4. The Morgan fingerprint density at radius 2 is 0.889 bits per heavy atom. The van der Waals surface area contributed by atoms with Gasteiger partial charge in [0.15, 0.2) is 0 Å². The van der Waals surface area contributed by atoms with Gasteiger partial charge in [-0.25, -0.2) is 0 Å². The number of benzene rings is 3. The van der Waals surface area contributed by atoms with Crippen molar-refractivity contribution in [3.8, 4) is 0 Å². The zero-order chi connectivity index (χ0) is 19.9. The highest BCUT2D eigenvalue weighted by molar-refractivity contribution is 5.90. The lowest BCUT2D eigenvalue weighted by Gasteiger charge is -2.31. The third kappa shape index (κ3) is 5.05. The summed E-state index contributed by atoms with van der Waals surface area (Å²) in [7, 11) is 0. The summed E-state index contributed by atoms with van der Waals surface area (Å²) < 4.78 is 0. The first-order valence-corrected chi connectivity index (χ1v) is 8.95. The van der Waals surface area contributed by atoms with Crippen molar-refractivity contribution in [1.82, 2.24) is 0 Å². The zero-order valence-electron chi connectivity index (χ0n) is 16.1. The van der Waals surface area contributed by atoms with Crippen LogP contribution in [0.2, 0.25) is 0 Å². The molecule has 0 bridgehead atoms. The normalized spacial score (nSPS) is 11.3. The molecule has 3 nitrogen and oxygen atoms in total. The molecular weight excluding hydrogens is 334 g/mol. The molecule has 0 saturated heterocycles. The fraction of sp³-hybridized carbons (Fsp3) is 0.208. The fourth-order valence-electron chi connectivity index (χ4n) is 2.93.